The fraction of sp³-hybridized carbons (Fsp3) is 0.333. The molecule has 0 aliphatic rings. The number of hydrogen-bond acceptors (Lipinski definition) is 2. The van der Waals surface area contributed by atoms with Gasteiger partial charge in [0, 0.05) is 11.6 Å². The van der Waals surface area contributed by atoms with Crippen molar-refractivity contribution in [2.45, 2.75) is 32.1 Å². The van der Waals surface area contributed by atoms with E-state index in [4.69, 9.17) is 4.42 Å². The highest BCUT2D eigenvalue weighted by Crippen LogP contribution is 2.23. The Balaban J connectivity index is 1.93. The summed E-state index contributed by atoms with van der Waals surface area (Å²) >= 11 is 0. The van der Waals surface area contributed by atoms with Gasteiger partial charge < -0.3 is 9.73 Å². The van der Waals surface area contributed by atoms with Crippen LogP contribution in [0.4, 0.5) is 17.6 Å². The second kappa shape index (κ2) is 6.30. The number of halogens is 4. The molecule has 6 heteroatoms. The lowest BCUT2D eigenvalue weighted by atomic mass is 10.2. The van der Waals surface area contributed by atoms with Gasteiger partial charge in [-0.15, -0.1) is 0 Å². The minimum atomic E-state index is -4.19. The van der Waals surface area contributed by atoms with E-state index in [0.29, 0.717) is 17.1 Å². The molecule has 1 unspecified atom stereocenters. The predicted molar refractivity (Wildman–Crippen MR) is 71.1 cm³/mol. The summed E-state index contributed by atoms with van der Waals surface area (Å²) in [4.78, 5) is 0. The summed E-state index contributed by atoms with van der Waals surface area (Å²) < 4.78 is 54.9. The van der Waals surface area contributed by atoms with Gasteiger partial charge >= 0.3 is 6.18 Å². The van der Waals surface area contributed by atoms with E-state index in [-0.39, 0.29) is 12.4 Å². The van der Waals surface area contributed by atoms with Gasteiger partial charge in [0.15, 0.2) is 0 Å². The maximum Gasteiger partial charge on any atom is 0.390 e. The Labute approximate surface area is 119 Å². The third-order valence-corrected chi connectivity index (χ3v) is 2.95. The Kier molecular flexibility index (Phi) is 4.67. The minimum absolute atomic E-state index is 0.207. The monoisotopic (exact) mass is 301 g/mol. The first-order chi connectivity index (χ1) is 9.83. The summed E-state index contributed by atoms with van der Waals surface area (Å²) in [6, 6.07) is 8.51. The van der Waals surface area contributed by atoms with Crippen LogP contribution in [0.2, 0.25) is 0 Å². The van der Waals surface area contributed by atoms with E-state index in [1.165, 1.54) is 19.1 Å². The molecule has 0 fully saturated rings. The molecule has 0 aliphatic heterocycles. The summed E-state index contributed by atoms with van der Waals surface area (Å²) in [6.07, 6.45) is -5.08. The van der Waals surface area contributed by atoms with Crippen molar-refractivity contribution in [3.63, 3.8) is 0 Å². The first kappa shape index (κ1) is 15.6. The van der Waals surface area contributed by atoms with Gasteiger partial charge in [-0.05, 0) is 43.3 Å². The Bertz CT molecular complexity index is 574. The molecule has 0 amide bonds. The van der Waals surface area contributed by atoms with E-state index in [0.717, 1.165) is 0 Å². The van der Waals surface area contributed by atoms with E-state index in [1.807, 2.05) is 0 Å². The number of rotatable bonds is 5. The molecule has 2 nitrogen and oxygen atoms in total. The van der Waals surface area contributed by atoms with Crippen LogP contribution >= 0.6 is 0 Å². The van der Waals surface area contributed by atoms with Gasteiger partial charge in [-0.3, -0.25) is 0 Å². The molecular formula is C15H15F4NO. The highest BCUT2D eigenvalue weighted by Gasteiger charge is 2.29. The van der Waals surface area contributed by atoms with Crippen LogP contribution in [-0.4, -0.2) is 12.2 Å². The smallest absolute Gasteiger partial charge is 0.390 e. The Morgan fingerprint density at radius 2 is 1.76 bits per heavy atom. The topological polar surface area (TPSA) is 25.2 Å². The highest BCUT2D eigenvalue weighted by molar-refractivity contribution is 5.57. The maximum absolute atomic E-state index is 12.8. The van der Waals surface area contributed by atoms with Crippen molar-refractivity contribution in [1.82, 2.24) is 5.32 Å². The van der Waals surface area contributed by atoms with Gasteiger partial charge in [-0.1, -0.05) is 0 Å². The third-order valence-electron chi connectivity index (χ3n) is 2.95. The van der Waals surface area contributed by atoms with Gasteiger partial charge in [0.2, 0.25) is 0 Å². The molecule has 1 aromatic carbocycles. The molecule has 0 spiro atoms. The normalized spacial score (nSPS) is 13.4. The molecule has 0 saturated carbocycles. The van der Waals surface area contributed by atoms with E-state index in [2.05, 4.69) is 5.32 Å². The average Bonchev–Trinajstić information content (AvgIpc) is 2.84. The molecule has 1 heterocycles. The van der Waals surface area contributed by atoms with E-state index < -0.39 is 18.6 Å². The van der Waals surface area contributed by atoms with Crippen molar-refractivity contribution in [3.05, 3.63) is 48.0 Å². The Morgan fingerprint density at radius 1 is 1.10 bits per heavy atom. The van der Waals surface area contributed by atoms with Crippen molar-refractivity contribution < 1.29 is 22.0 Å². The summed E-state index contributed by atoms with van der Waals surface area (Å²) in [5.41, 5.74) is 0.714. The van der Waals surface area contributed by atoms with Gasteiger partial charge in [0.1, 0.15) is 17.3 Å². The lowest BCUT2D eigenvalue weighted by Crippen LogP contribution is -2.30. The molecule has 1 atom stereocenters. The molecule has 2 rings (SSSR count). The first-order valence-electron chi connectivity index (χ1n) is 6.48. The maximum atomic E-state index is 12.8. The van der Waals surface area contributed by atoms with Crippen LogP contribution in [0.25, 0.3) is 11.3 Å². The predicted octanol–water partition coefficient (Wildman–Crippen LogP) is 4.52. The molecule has 21 heavy (non-hydrogen) atoms. The average molecular weight is 301 g/mol. The number of benzene rings is 1. The van der Waals surface area contributed by atoms with Crippen molar-refractivity contribution in [1.29, 1.82) is 0 Å². The SMILES string of the molecule is CC(CC(F)(F)F)NCc1ccc(-c2ccc(F)cc2)o1. The first-order valence-corrected chi connectivity index (χ1v) is 6.48. The van der Waals surface area contributed by atoms with Crippen LogP contribution in [0, 0.1) is 5.82 Å². The van der Waals surface area contributed by atoms with Crippen molar-refractivity contribution in [2.75, 3.05) is 0 Å². The number of nitrogens with one attached hydrogen (secondary N) is 1. The van der Waals surface area contributed by atoms with Crippen molar-refractivity contribution in [3.8, 4) is 11.3 Å². The van der Waals surface area contributed by atoms with Crippen molar-refractivity contribution >= 4 is 0 Å². The zero-order chi connectivity index (χ0) is 15.5. The molecule has 1 N–H and O–H groups in total. The van der Waals surface area contributed by atoms with Crippen molar-refractivity contribution in [2.24, 2.45) is 0 Å². The molecule has 114 valence electrons. The Morgan fingerprint density at radius 3 is 2.38 bits per heavy atom. The lowest BCUT2D eigenvalue weighted by Gasteiger charge is -2.14. The largest absolute Gasteiger partial charge is 0.460 e. The van der Waals surface area contributed by atoms with E-state index in [9.17, 15) is 17.6 Å². The van der Waals surface area contributed by atoms with Crippen LogP contribution in [-0.2, 0) is 6.54 Å². The van der Waals surface area contributed by atoms with Gasteiger partial charge in [-0.2, -0.15) is 13.2 Å². The summed E-state index contributed by atoms with van der Waals surface area (Å²) in [5, 5.41) is 2.76. The van der Waals surface area contributed by atoms with Crippen LogP contribution < -0.4 is 5.32 Å². The quantitative estimate of drug-likeness (QED) is 0.822. The standard InChI is InChI=1S/C15H15F4NO/c1-10(8-15(17,18)19)20-9-13-6-7-14(21-13)11-2-4-12(16)5-3-11/h2-7,10,20H,8-9H2,1H3. The third kappa shape index (κ3) is 4.90. The number of hydrogen-bond donors (Lipinski definition) is 1. The zero-order valence-electron chi connectivity index (χ0n) is 11.4. The second-order valence-electron chi connectivity index (χ2n) is 4.87. The van der Waals surface area contributed by atoms with Crippen LogP contribution in [0.5, 0.6) is 0 Å². The number of alkyl halides is 3. The minimum Gasteiger partial charge on any atom is -0.460 e. The molecule has 0 saturated heterocycles. The number of furan rings is 1. The van der Waals surface area contributed by atoms with E-state index in [1.54, 1.807) is 24.3 Å². The fourth-order valence-electron chi connectivity index (χ4n) is 1.94. The molecular weight excluding hydrogens is 286 g/mol. The van der Waals surface area contributed by atoms with Crippen LogP contribution in [0.3, 0.4) is 0 Å². The van der Waals surface area contributed by atoms with Crippen LogP contribution in [0.15, 0.2) is 40.8 Å². The summed E-state index contributed by atoms with van der Waals surface area (Å²) in [7, 11) is 0. The molecule has 0 bridgehead atoms. The lowest BCUT2D eigenvalue weighted by molar-refractivity contribution is -0.139. The highest BCUT2D eigenvalue weighted by atomic mass is 19.4. The summed E-state index contributed by atoms with van der Waals surface area (Å²) in [5.74, 6) is 0.742. The van der Waals surface area contributed by atoms with E-state index >= 15 is 0 Å². The molecule has 1 aromatic heterocycles. The molecule has 2 aromatic rings. The van der Waals surface area contributed by atoms with Crippen LogP contribution in [0.1, 0.15) is 19.1 Å². The molecule has 0 radical (unpaired) electrons. The second-order valence-corrected chi connectivity index (χ2v) is 4.87. The Hall–Kier alpha value is -1.82. The zero-order valence-corrected chi connectivity index (χ0v) is 11.4. The summed E-state index contributed by atoms with van der Waals surface area (Å²) in [6.45, 7) is 1.68. The van der Waals surface area contributed by atoms with Gasteiger partial charge in [-0.25, -0.2) is 4.39 Å². The van der Waals surface area contributed by atoms with Gasteiger partial charge in [0.05, 0.1) is 13.0 Å². The fourth-order valence-corrected chi connectivity index (χ4v) is 1.94. The van der Waals surface area contributed by atoms with Gasteiger partial charge in [0.25, 0.3) is 0 Å². The molecule has 0 aliphatic carbocycles.